The molecule has 3 rings (SSSR count). The average molecular weight is 337 g/mol. The van der Waals surface area contributed by atoms with Crippen LogP contribution in [-0.4, -0.2) is 16.0 Å². The fourth-order valence-electron chi connectivity index (χ4n) is 2.80. The van der Waals surface area contributed by atoms with Gasteiger partial charge in [0.2, 0.25) is 0 Å². The molecule has 0 radical (unpaired) electrons. The number of hydrogen-bond donors (Lipinski definition) is 1. The minimum absolute atomic E-state index is 0.252. The predicted octanol–water partition coefficient (Wildman–Crippen LogP) is 4.75. The van der Waals surface area contributed by atoms with Gasteiger partial charge in [0.25, 0.3) is 0 Å². The second-order valence-corrected chi connectivity index (χ2v) is 6.76. The molecule has 124 valence electrons. The Morgan fingerprint density at radius 2 is 1.79 bits per heavy atom. The third-order valence-corrected chi connectivity index (χ3v) is 5.03. The maximum atomic E-state index is 4.56. The van der Waals surface area contributed by atoms with Gasteiger partial charge < -0.3 is 5.32 Å². The Bertz CT molecular complexity index is 778. The van der Waals surface area contributed by atoms with E-state index < -0.39 is 0 Å². The molecule has 4 heteroatoms. The fraction of sp³-hybridized carbons (Fsp3) is 0.250. The van der Waals surface area contributed by atoms with Gasteiger partial charge in [-0.2, -0.15) is 5.10 Å². The largest absolute Gasteiger partial charge is 0.306 e. The van der Waals surface area contributed by atoms with Crippen LogP contribution in [0.2, 0.25) is 0 Å². The van der Waals surface area contributed by atoms with Gasteiger partial charge in [0, 0.05) is 28.7 Å². The van der Waals surface area contributed by atoms with E-state index in [-0.39, 0.29) is 6.04 Å². The third kappa shape index (κ3) is 3.71. The Hall–Kier alpha value is -2.04. The van der Waals surface area contributed by atoms with Crippen molar-refractivity contribution in [2.24, 2.45) is 0 Å². The number of thioether (sulfide) groups is 1. The Morgan fingerprint density at radius 1 is 1.08 bits per heavy atom. The summed E-state index contributed by atoms with van der Waals surface area (Å²) in [6, 6.07) is 19.2. The van der Waals surface area contributed by atoms with Gasteiger partial charge in [0.15, 0.2) is 0 Å². The van der Waals surface area contributed by atoms with Gasteiger partial charge in [0.1, 0.15) is 0 Å². The van der Waals surface area contributed by atoms with Crippen LogP contribution in [-0.2, 0) is 6.54 Å². The molecule has 0 aliphatic rings. The van der Waals surface area contributed by atoms with Gasteiger partial charge >= 0.3 is 0 Å². The summed E-state index contributed by atoms with van der Waals surface area (Å²) in [7, 11) is 0. The number of nitrogens with one attached hydrogen (secondary N) is 1. The molecule has 0 spiro atoms. The topological polar surface area (TPSA) is 29.9 Å². The first-order valence-electron chi connectivity index (χ1n) is 8.15. The van der Waals surface area contributed by atoms with Crippen LogP contribution >= 0.6 is 11.8 Å². The molecule has 0 saturated carbocycles. The average Bonchev–Trinajstić information content (AvgIpc) is 3.02. The number of aromatic nitrogens is 2. The van der Waals surface area contributed by atoms with Crippen LogP contribution in [0.4, 0.5) is 0 Å². The minimum Gasteiger partial charge on any atom is -0.306 e. The van der Waals surface area contributed by atoms with Crippen molar-refractivity contribution in [1.82, 2.24) is 15.1 Å². The zero-order valence-corrected chi connectivity index (χ0v) is 15.2. The highest BCUT2D eigenvalue weighted by atomic mass is 32.2. The molecule has 0 aliphatic carbocycles. The standard InChI is InChI=1S/C20H23N3S/c1-15(21-13-17-9-11-19(24-3)12-10-17)20-14-22-23(16(20)2)18-7-5-4-6-8-18/h4-12,14-15,21H,13H2,1-3H3/t15-/m0/s1. The number of nitrogens with zero attached hydrogens (tertiary/aromatic N) is 2. The molecule has 0 bridgehead atoms. The maximum Gasteiger partial charge on any atom is 0.0648 e. The van der Waals surface area contributed by atoms with E-state index in [0.29, 0.717) is 0 Å². The predicted molar refractivity (Wildman–Crippen MR) is 102 cm³/mol. The van der Waals surface area contributed by atoms with Crippen LogP contribution in [0.1, 0.15) is 29.8 Å². The van der Waals surface area contributed by atoms with Crippen LogP contribution in [0, 0.1) is 6.92 Å². The van der Waals surface area contributed by atoms with Crippen molar-refractivity contribution >= 4 is 11.8 Å². The molecule has 1 heterocycles. The van der Waals surface area contributed by atoms with E-state index in [1.807, 2.05) is 29.1 Å². The van der Waals surface area contributed by atoms with Gasteiger partial charge in [0.05, 0.1) is 11.9 Å². The Morgan fingerprint density at radius 3 is 2.46 bits per heavy atom. The normalized spacial score (nSPS) is 12.3. The highest BCUT2D eigenvalue weighted by molar-refractivity contribution is 7.98. The van der Waals surface area contributed by atoms with E-state index in [9.17, 15) is 0 Å². The molecule has 0 aliphatic heterocycles. The Kier molecular flexibility index (Phi) is 5.38. The van der Waals surface area contributed by atoms with Crippen LogP contribution < -0.4 is 5.32 Å². The third-order valence-electron chi connectivity index (χ3n) is 4.29. The molecule has 3 aromatic rings. The number of benzene rings is 2. The molecule has 1 N–H and O–H groups in total. The van der Waals surface area contributed by atoms with Crippen molar-refractivity contribution in [1.29, 1.82) is 0 Å². The monoisotopic (exact) mass is 337 g/mol. The van der Waals surface area contributed by atoms with Crippen molar-refractivity contribution in [3.63, 3.8) is 0 Å². The van der Waals surface area contributed by atoms with Crippen molar-refractivity contribution in [2.75, 3.05) is 6.26 Å². The highest BCUT2D eigenvalue weighted by Crippen LogP contribution is 2.21. The summed E-state index contributed by atoms with van der Waals surface area (Å²) in [5, 5.41) is 8.16. The summed E-state index contributed by atoms with van der Waals surface area (Å²) in [6.07, 6.45) is 4.07. The van der Waals surface area contributed by atoms with E-state index in [0.717, 1.165) is 12.2 Å². The molecule has 0 amide bonds. The highest BCUT2D eigenvalue weighted by Gasteiger charge is 2.13. The van der Waals surface area contributed by atoms with E-state index in [1.165, 1.54) is 21.7 Å². The first kappa shape index (κ1) is 16.8. The second-order valence-electron chi connectivity index (χ2n) is 5.88. The summed E-state index contributed by atoms with van der Waals surface area (Å²) in [5.41, 5.74) is 4.81. The molecule has 1 aromatic heterocycles. The second kappa shape index (κ2) is 7.69. The van der Waals surface area contributed by atoms with Crippen LogP contribution in [0.5, 0.6) is 0 Å². The quantitative estimate of drug-likeness (QED) is 0.658. The first-order valence-corrected chi connectivity index (χ1v) is 9.38. The van der Waals surface area contributed by atoms with Gasteiger partial charge in [-0.05, 0) is 49.9 Å². The van der Waals surface area contributed by atoms with Crippen molar-refractivity contribution < 1.29 is 0 Å². The van der Waals surface area contributed by atoms with Gasteiger partial charge in [-0.25, -0.2) is 4.68 Å². The molecular weight excluding hydrogens is 314 g/mol. The Balaban J connectivity index is 1.69. The van der Waals surface area contributed by atoms with Gasteiger partial charge in [-0.15, -0.1) is 11.8 Å². The minimum atomic E-state index is 0.252. The molecule has 3 nitrogen and oxygen atoms in total. The van der Waals surface area contributed by atoms with Gasteiger partial charge in [-0.1, -0.05) is 30.3 Å². The lowest BCUT2D eigenvalue weighted by atomic mass is 10.1. The molecule has 0 unspecified atom stereocenters. The van der Waals surface area contributed by atoms with Crippen molar-refractivity contribution in [3.8, 4) is 5.69 Å². The lowest BCUT2D eigenvalue weighted by Gasteiger charge is -2.14. The molecule has 24 heavy (non-hydrogen) atoms. The first-order chi connectivity index (χ1) is 11.7. The van der Waals surface area contributed by atoms with Crippen LogP contribution in [0.15, 0.2) is 65.7 Å². The molecule has 0 saturated heterocycles. The molecular formula is C20H23N3S. The summed E-state index contributed by atoms with van der Waals surface area (Å²) < 4.78 is 2.00. The van der Waals surface area contributed by atoms with E-state index in [2.05, 4.69) is 66.9 Å². The lowest BCUT2D eigenvalue weighted by Crippen LogP contribution is -2.18. The summed E-state index contributed by atoms with van der Waals surface area (Å²) in [5.74, 6) is 0. The zero-order valence-electron chi connectivity index (χ0n) is 14.4. The maximum absolute atomic E-state index is 4.56. The van der Waals surface area contributed by atoms with Crippen LogP contribution in [0.25, 0.3) is 5.69 Å². The Labute approximate surface area is 148 Å². The van der Waals surface area contributed by atoms with Crippen molar-refractivity contribution in [2.45, 2.75) is 31.3 Å². The number of rotatable bonds is 6. The SMILES string of the molecule is CSc1ccc(CN[C@@H](C)c2cnn(-c3ccccc3)c2C)cc1. The van der Waals surface area contributed by atoms with E-state index >= 15 is 0 Å². The number of hydrogen-bond acceptors (Lipinski definition) is 3. The van der Waals surface area contributed by atoms with Crippen LogP contribution in [0.3, 0.4) is 0 Å². The smallest absolute Gasteiger partial charge is 0.0648 e. The molecule has 1 atom stereocenters. The lowest BCUT2D eigenvalue weighted by molar-refractivity contribution is 0.571. The summed E-state index contributed by atoms with van der Waals surface area (Å²) in [4.78, 5) is 1.30. The molecule has 2 aromatic carbocycles. The molecule has 0 fully saturated rings. The zero-order chi connectivity index (χ0) is 16.9. The van der Waals surface area contributed by atoms with E-state index in [4.69, 9.17) is 0 Å². The van der Waals surface area contributed by atoms with Crippen molar-refractivity contribution in [3.05, 3.63) is 77.6 Å². The van der Waals surface area contributed by atoms with E-state index in [1.54, 1.807) is 11.8 Å². The summed E-state index contributed by atoms with van der Waals surface area (Å²) >= 11 is 1.77. The fourth-order valence-corrected chi connectivity index (χ4v) is 3.21. The van der Waals surface area contributed by atoms with Gasteiger partial charge in [-0.3, -0.25) is 0 Å². The number of para-hydroxylation sites is 1. The summed E-state index contributed by atoms with van der Waals surface area (Å²) in [6.45, 7) is 5.17.